The highest BCUT2D eigenvalue weighted by atomic mass is 32.2. The highest BCUT2D eigenvalue weighted by Gasteiger charge is 2.09. The van der Waals surface area contributed by atoms with Crippen LogP contribution in [0, 0.1) is 0 Å². The zero-order chi connectivity index (χ0) is 10.1. The fourth-order valence-corrected chi connectivity index (χ4v) is 1.43. The number of rotatable bonds is 2. The fraction of sp³-hybridized carbons (Fsp3) is 0.143. The summed E-state index contributed by atoms with van der Waals surface area (Å²) in [6.07, 6.45) is 0. The first kappa shape index (κ1) is 9.97. The summed E-state index contributed by atoms with van der Waals surface area (Å²) in [5.41, 5.74) is 5.75. The number of sulfonamides is 1. The Labute approximate surface area is 76.0 Å². The standard InChI is InChI=1S/C7H10N2O3S/c8-4-5-1-2-6(3-7(5)10)13(9,11)12/h1-3,10H,4,8H2,(H2,9,11,12). The van der Waals surface area contributed by atoms with Gasteiger partial charge in [-0.1, -0.05) is 6.07 Å². The molecule has 13 heavy (non-hydrogen) atoms. The van der Waals surface area contributed by atoms with Gasteiger partial charge in [-0.05, 0) is 6.07 Å². The summed E-state index contributed by atoms with van der Waals surface area (Å²) in [6.45, 7) is 0.150. The van der Waals surface area contributed by atoms with Crippen molar-refractivity contribution in [3.8, 4) is 5.75 Å². The number of phenolic OH excluding ortho intramolecular Hbond substituents is 1. The van der Waals surface area contributed by atoms with Gasteiger partial charge in [0.25, 0.3) is 0 Å². The van der Waals surface area contributed by atoms with E-state index in [-0.39, 0.29) is 17.2 Å². The van der Waals surface area contributed by atoms with Crippen molar-refractivity contribution >= 4 is 10.0 Å². The van der Waals surface area contributed by atoms with Crippen molar-refractivity contribution in [1.82, 2.24) is 0 Å². The molecule has 5 nitrogen and oxygen atoms in total. The Hall–Kier alpha value is -1.11. The molecule has 0 aromatic heterocycles. The van der Waals surface area contributed by atoms with Crippen molar-refractivity contribution in [2.45, 2.75) is 11.4 Å². The van der Waals surface area contributed by atoms with Gasteiger partial charge in [-0.15, -0.1) is 0 Å². The van der Waals surface area contributed by atoms with E-state index >= 15 is 0 Å². The van der Waals surface area contributed by atoms with Crippen LogP contribution in [0.1, 0.15) is 5.56 Å². The third kappa shape index (κ3) is 2.18. The van der Waals surface area contributed by atoms with Gasteiger partial charge in [0.15, 0.2) is 0 Å². The Morgan fingerprint density at radius 3 is 2.38 bits per heavy atom. The maximum atomic E-state index is 10.8. The van der Waals surface area contributed by atoms with Crippen LogP contribution in [0.5, 0.6) is 5.75 Å². The predicted molar refractivity (Wildman–Crippen MR) is 47.4 cm³/mol. The van der Waals surface area contributed by atoms with E-state index in [1.54, 1.807) is 0 Å². The summed E-state index contributed by atoms with van der Waals surface area (Å²) >= 11 is 0. The summed E-state index contributed by atoms with van der Waals surface area (Å²) in [4.78, 5) is -0.123. The van der Waals surface area contributed by atoms with E-state index in [1.807, 2.05) is 0 Å². The fourth-order valence-electron chi connectivity index (χ4n) is 0.893. The predicted octanol–water partition coefficient (Wildman–Crippen LogP) is -0.502. The molecule has 0 spiro atoms. The molecule has 0 heterocycles. The average Bonchev–Trinajstić information content (AvgIpc) is 2.02. The minimum absolute atomic E-state index is 0.123. The summed E-state index contributed by atoms with van der Waals surface area (Å²) in [6, 6.07) is 3.81. The van der Waals surface area contributed by atoms with E-state index in [2.05, 4.69) is 0 Å². The molecule has 0 bridgehead atoms. The van der Waals surface area contributed by atoms with Gasteiger partial charge in [0.05, 0.1) is 4.90 Å². The Morgan fingerprint density at radius 2 is 2.00 bits per heavy atom. The monoisotopic (exact) mass is 202 g/mol. The highest BCUT2D eigenvalue weighted by Crippen LogP contribution is 2.20. The molecule has 0 aliphatic carbocycles. The molecule has 0 aliphatic rings. The molecule has 0 radical (unpaired) electrons. The molecule has 0 atom stereocenters. The first-order valence-corrected chi connectivity index (χ1v) is 5.04. The molecule has 0 saturated heterocycles. The number of hydrogen-bond acceptors (Lipinski definition) is 4. The second-order valence-corrected chi connectivity index (χ2v) is 4.10. The molecule has 1 aromatic carbocycles. The van der Waals surface area contributed by atoms with Gasteiger partial charge in [-0.25, -0.2) is 13.6 Å². The average molecular weight is 202 g/mol. The van der Waals surface area contributed by atoms with Gasteiger partial charge in [0, 0.05) is 18.2 Å². The van der Waals surface area contributed by atoms with Gasteiger partial charge >= 0.3 is 0 Å². The second-order valence-electron chi connectivity index (χ2n) is 2.54. The Bertz CT molecular complexity index is 414. The molecule has 0 aliphatic heterocycles. The van der Waals surface area contributed by atoms with Gasteiger partial charge < -0.3 is 10.8 Å². The molecular formula is C7H10N2O3S. The number of primary sulfonamides is 1. The third-order valence-corrected chi connectivity index (χ3v) is 2.52. The molecule has 0 fully saturated rings. The van der Waals surface area contributed by atoms with E-state index in [4.69, 9.17) is 10.9 Å². The van der Waals surface area contributed by atoms with Crippen LogP contribution in [0.3, 0.4) is 0 Å². The van der Waals surface area contributed by atoms with E-state index in [0.717, 1.165) is 6.07 Å². The number of benzene rings is 1. The van der Waals surface area contributed by atoms with Crippen LogP contribution in [0.4, 0.5) is 0 Å². The van der Waals surface area contributed by atoms with E-state index in [1.165, 1.54) is 12.1 Å². The lowest BCUT2D eigenvalue weighted by atomic mass is 10.2. The highest BCUT2D eigenvalue weighted by molar-refractivity contribution is 7.89. The minimum Gasteiger partial charge on any atom is -0.508 e. The molecular weight excluding hydrogens is 192 g/mol. The molecule has 1 aromatic rings. The number of phenols is 1. The van der Waals surface area contributed by atoms with Crippen molar-refractivity contribution in [3.05, 3.63) is 23.8 Å². The minimum atomic E-state index is -3.75. The SMILES string of the molecule is NCc1ccc(S(N)(=O)=O)cc1O. The molecule has 5 N–H and O–H groups in total. The third-order valence-electron chi connectivity index (χ3n) is 1.61. The van der Waals surface area contributed by atoms with Gasteiger partial charge in [-0.2, -0.15) is 0 Å². The molecule has 1 rings (SSSR count). The van der Waals surface area contributed by atoms with Crippen LogP contribution in [-0.2, 0) is 16.6 Å². The van der Waals surface area contributed by atoms with Crippen LogP contribution in [0.25, 0.3) is 0 Å². The van der Waals surface area contributed by atoms with Crippen molar-refractivity contribution in [3.63, 3.8) is 0 Å². The molecule has 0 amide bonds. The molecule has 0 unspecified atom stereocenters. The summed E-state index contributed by atoms with van der Waals surface area (Å²) in [7, 11) is -3.75. The van der Waals surface area contributed by atoms with Crippen molar-refractivity contribution in [2.24, 2.45) is 10.9 Å². The van der Waals surface area contributed by atoms with E-state index < -0.39 is 10.0 Å². The van der Waals surface area contributed by atoms with Crippen LogP contribution in [-0.4, -0.2) is 13.5 Å². The largest absolute Gasteiger partial charge is 0.508 e. The first-order chi connectivity index (χ1) is 5.95. The van der Waals surface area contributed by atoms with Crippen LogP contribution >= 0.6 is 0 Å². The van der Waals surface area contributed by atoms with Crippen molar-refractivity contribution in [1.29, 1.82) is 0 Å². The lowest BCUT2D eigenvalue weighted by Crippen LogP contribution is -2.12. The topological polar surface area (TPSA) is 106 Å². The number of nitrogens with two attached hydrogens (primary N) is 2. The van der Waals surface area contributed by atoms with E-state index in [9.17, 15) is 13.5 Å². The molecule has 0 saturated carbocycles. The quantitative estimate of drug-likeness (QED) is 0.600. The maximum absolute atomic E-state index is 10.8. The zero-order valence-electron chi connectivity index (χ0n) is 6.77. The summed E-state index contributed by atoms with van der Waals surface area (Å²) in [5.74, 6) is -0.158. The van der Waals surface area contributed by atoms with Crippen LogP contribution in [0.15, 0.2) is 23.1 Å². The number of hydrogen-bond donors (Lipinski definition) is 3. The maximum Gasteiger partial charge on any atom is 0.238 e. The normalized spacial score (nSPS) is 11.5. The van der Waals surface area contributed by atoms with Gasteiger partial charge in [0.1, 0.15) is 5.75 Å². The Morgan fingerprint density at radius 1 is 1.38 bits per heavy atom. The molecule has 72 valence electrons. The Balaban J connectivity index is 3.26. The van der Waals surface area contributed by atoms with Gasteiger partial charge in [-0.3, -0.25) is 0 Å². The first-order valence-electron chi connectivity index (χ1n) is 3.50. The lowest BCUT2D eigenvalue weighted by Gasteiger charge is -2.03. The number of aromatic hydroxyl groups is 1. The van der Waals surface area contributed by atoms with Crippen molar-refractivity contribution < 1.29 is 13.5 Å². The molecule has 6 heteroatoms. The Kier molecular flexibility index (Phi) is 2.55. The second kappa shape index (κ2) is 3.33. The van der Waals surface area contributed by atoms with Crippen molar-refractivity contribution in [2.75, 3.05) is 0 Å². The van der Waals surface area contributed by atoms with Crippen LogP contribution < -0.4 is 10.9 Å². The summed E-state index contributed by atoms with van der Waals surface area (Å²) in [5, 5.41) is 14.1. The van der Waals surface area contributed by atoms with Crippen LogP contribution in [0.2, 0.25) is 0 Å². The smallest absolute Gasteiger partial charge is 0.238 e. The van der Waals surface area contributed by atoms with E-state index in [0.29, 0.717) is 5.56 Å². The lowest BCUT2D eigenvalue weighted by molar-refractivity contribution is 0.466. The summed E-state index contributed by atoms with van der Waals surface area (Å²) < 4.78 is 21.6. The van der Waals surface area contributed by atoms with Gasteiger partial charge in [0.2, 0.25) is 10.0 Å². The zero-order valence-corrected chi connectivity index (χ0v) is 7.58.